The van der Waals surface area contributed by atoms with E-state index in [-0.39, 0.29) is 28.2 Å². The minimum atomic E-state index is -1.57. The molecule has 2 heterocycles. The number of phenols is 3. The first-order chi connectivity index (χ1) is 14.7. The van der Waals surface area contributed by atoms with Crippen molar-refractivity contribution in [3.05, 3.63) is 46.6 Å². The molecule has 10 nitrogen and oxygen atoms in total. The summed E-state index contributed by atoms with van der Waals surface area (Å²) in [6.07, 6.45) is -6.56. The minimum Gasteiger partial charge on any atom is -0.507 e. The van der Waals surface area contributed by atoms with Gasteiger partial charge >= 0.3 is 0 Å². The third kappa shape index (κ3) is 3.77. The highest BCUT2D eigenvalue weighted by atomic mass is 16.7. The number of aliphatic hydroxyl groups is 3. The fourth-order valence-corrected chi connectivity index (χ4v) is 3.38. The van der Waals surface area contributed by atoms with Crippen molar-refractivity contribution >= 4 is 11.0 Å². The Morgan fingerprint density at radius 2 is 1.61 bits per heavy atom. The predicted molar refractivity (Wildman–Crippen MR) is 106 cm³/mol. The van der Waals surface area contributed by atoms with Crippen LogP contribution in [0.2, 0.25) is 0 Å². The van der Waals surface area contributed by atoms with Crippen molar-refractivity contribution in [3.63, 3.8) is 0 Å². The number of hydrogen-bond acceptors (Lipinski definition) is 10. The van der Waals surface area contributed by atoms with Crippen LogP contribution in [0.3, 0.4) is 0 Å². The van der Waals surface area contributed by atoms with Gasteiger partial charge < -0.3 is 44.5 Å². The van der Waals surface area contributed by atoms with Crippen LogP contribution >= 0.6 is 0 Å². The lowest BCUT2D eigenvalue weighted by molar-refractivity contribution is -0.268. The molecule has 0 aliphatic carbocycles. The molecule has 2 unspecified atom stereocenters. The molecule has 2 aromatic carbocycles. The zero-order valence-electron chi connectivity index (χ0n) is 16.2. The zero-order valence-corrected chi connectivity index (χ0v) is 16.2. The Bertz CT molecular complexity index is 1190. The molecule has 0 spiro atoms. The van der Waals surface area contributed by atoms with Gasteiger partial charge in [0.1, 0.15) is 46.5 Å². The molecule has 0 saturated carbocycles. The van der Waals surface area contributed by atoms with E-state index in [1.165, 1.54) is 31.2 Å². The minimum absolute atomic E-state index is 0.0290. The lowest BCUT2D eigenvalue weighted by Crippen LogP contribution is -2.58. The van der Waals surface area contributed by atoms with Gasteiger partial charge in [-0.1, -0.05) is 0 Å². The van der Waals surface area contributed by atoms with Gasteiger partial charge in [-0.15, -0.1) is 0 Å². The summed E-state index contributed by atoms with van der Waals surface area (Å²) in [6, 6.07) is 7.41. The topological polar surface area (TPSA) is 170 Å². The molecule has 4 rings (SSSR count). The first-order valence-corrected chi connectivity index (χ1v) is 9.35. The lowest BCUT2D eigenvalue weighted by Gasteiger charge is -2.38. The van der Waals surface area contributed by atoms with Crippen LogP contribution in [0.5, 0.6) is 23.0 Å². The molecule has 164 valence electrons. The van der Waals surface area contributed by atoms with E-state index < -0.39 is 47.6 Å². The fourth-order valence-electron chi connectivity index (χ4n) is 3.38. The van der Waals surface area contributed by atoms with Gasteiger partial charge in [-0.05, 0) is 25.1 Å². The third-order valence-electron chi connectivity index (χ3n) is 5.10. The van der Waals surface area contributed by atoms with Gasteiger partial charge in [0, 0.05) is 23.8 Å². The SMILES string of the molecule is CC1O[C@@H](Oc2cc(O)c3c(=O)cc(-c4ccc(O)c(O)c4)oc3c2)C(O)[C@@H](O)[C@H]1O. The Hall–Kier alpha value is -3.31. The summed E-state index contributed by atoms with van der Waals surface area (Å²) < 4.78 is 16.6. The lowest BCUT2D eigenvalue weighted by atomic mass is 10.00. The monoisotopic (exact) mass is 432 g/mol. The largest absolute Gasteiger partial charge is 0.507 e. The summed E-state index contributed by atoms with van der Waals surface area (Å²) in [4.78, 5) is 12.5. The highest BCUT2D eigenvalue weighted by Crippen LogP contribution is 2.35. The van der Waals surface area contributed by atoms with Crippen LogP contribution in [0.25, 0.3) is 22.3 Å². The highest BCUT2D eigenvalue weighted by molar-refractivity contribution is 5.86. The van der Waals surface area contributed by atoms with E-state index in [0.717, 1.165) is 12.1 Å². The fraction of sp³-hybridized carbons (Fsp3) is 0.286. The van der Waals surface area contributed by atoms with Crippen molar-refractivity contribution in [3.8, 4) is 34.3 Å². The van der Waals surface area contributed by atoms with Crippen molar-refractivity contribution < 1.29 is 44.5 Å². The summed E-state index contributed by atoms with van der Waals surface area (Å²) in [6.45, 7) is 1.49. The molecule has 1 aromatic heterocycles. The number of fused-ring (bicyclic) bond motifs is 1. The summed E-state index contributed by atoms with van der Waals surface area (Å²) in [5.74, 6) is -1.16. The molecule has 10 heteroatoms. The second-order valence-electron chi connectivity index (χ2n) is 7.29. The molecule has 0 bridgehead atoms. The van der Waals surface area contributed by atoms with Crippen LogP contribution in [0.4, 0.5) is 0 Å². The molecule has 1 aliphatic heterocycles. The van der Waals surface area contributed by atoms with E-state index in [9.17, 15) is 35.4 Å². The van der Waals surface area contributed by atoms with Crippen molar-refractivity contribution in [2.24, 2.45) is 0 Å². The number of ether oxygens (including phenoxy) is 2. The maximum absolute atomic E-state index is 12.5. The van der Waals surface area contributed by atoms with Crippen LogP contribution in [0.1, 0.15) is 6.92 Å². The van der Waals surface area contributed by atoms with Crippen LogP contribution in [-0.2, 0) is 4.74 Å². The second-order valence-corrected chi connectivity index (χ2v) is 7.29. The summed E-state index contributed by atoms with van der Waals surface area (Å²) in [7, 11) is 0. The summed E-state index contributed by atoms with van der Waals surface area (Å²) in [5.41, 5.74) is -0.310. The molecular formula is C21H20O10. The molecule has 6 N–H and O–H groups in total. The average molecular weight is 432 g/mol. The molecule has 1 aliphatic rings. The Morgan fingerprint density at radius 1 is 0.871 bits per heavy atom. The number of phenolic OH excluding ortho intramolecular Hbond substituents is 3. The number of aliphatic hydroxyl groups excluding tert-OH is 3. The Kier molecular flexibility index (Phi) is 5.23. The van der Waals surface area contributed by atoms with E-state index in [0.29, 0.717) is 5.56 Å². The van der Waals surface area contributed by atoms with Crippen LogP contribution in [-0.4, -0.2) is 61.3 Å². The van der Waals surface area contributed by atoms with E-state index in [2.05, 4.69) is 0 Å². The maximum atomic E-state index is 12.5. The Morgan fingerprint density at radius 3 is 2.32 bits per heavy atom. The van der Waals surface area contributed by atoms with Gasteiger partial charge in [0.05, 0.1) is 6.10 Å². The smallest absolute Gasteiger partial charge is 0.229 e. The van der Waals surface area contributed by atoms with Crippen LogP contribution in [0, 0.1) is 0 Å². The van der Waals surface area contributed by atoms with Gasteiger partial charge in [0.15, 0.2) is 16.9 Å². The van der Waals surface area contributed by atoms with Crippen LogP contribution < -0.4 is 10.2 Å². The normalized spacial score (nSPS) is 26.1. The molecule has 1 saturated heterocycles. The van der Waals surface area contributed by atoms with Crippen LogP contribution in [0.15, 0.2) is 45.6 Å². The number of aromatic hydroxyl groups is 3. The molecule has 31 heavy (non-hydrogen) atoms. The standard InChI is InChI=1S/C21H20O10/c1-8-18(26)19(27)20(28)21(29-8)30-10-5-13(24)17-14(25)7-15(31-16(17)6-10)9-2-3-11(22)12(23)4-9/h2-8,18-24,26-28H,1H3/t8?,18-,19-,20?,21-/m0/s1. The number of benzene rings is 2. The predicted octanol–water partition coefficient (Wildman–Crippen LogP) is 0.783. The molecule has 0 radical (unpaired) electrons. The van der Waals surface area contributed by atoms with Crippen molar-refractivity contribution in [1.82, 2.24) is 0 Å². The van der Waals surface area contributed by atoms with Crippen molar-refractivity contribution in [2.45, 2.75) is 37.6 Å². The Labute approximate surface area is 174 Å². The zero-order chi connectivity index (χ0) is 22.4. The summed E-state index contributed by atoms with van der Waals surface area (Å²) >= 11 is 0. The molecule has 0 amide bonds. The summed E-state index contributed by atoms with van der Waals surface area (Å²) in [5, 5.41) is 59.2. The van der Waals surface area contributed by atoms with Gasteiger partial charge in [-0.25, -0.2) is 0 Å². The molecule has 1 fully saturated rings. The quantitative estimate of drug-likeness (QED) is 0.325. The first kappa shape index (κ1) is 20.9. The van der Waals surface area contributed by atoms with E-state index >= 15 is 0 Å². The van der Waals surface area contributed by atoms with Gasteiger partial charge in [-0.3, -0.25) is 4.79 Å². The number of hydrogen-bond donors (Lipinski definition) is 6. The van der Waals surface area contributed by atoms with Gasteiger partial charge in [-0.2, -0.15) is 0 Å². The second kappa shape index (κ2) is 7.75. The van der Waals surface area contributed by atoms with Crippen molar-refractivity contribution in [1.29, 1.82) is 0 Å². The molecule has 5 atom stereocenters. The van der Waals surface area contributed by atoms with E-state index in [1.807, 2.05) is 0 Å². The Balaban J connectivity index is 1.73. The van der Waals surface area contributed by atoms with E-state index in [4.69, 9.17) is 13.9 Å². The maximum Gasteiger partial charge on any atom is 0.229 e. The third-order valence-corrected chi connectivity index (χ3v) is 5.10. The first-order valence-electron chi connectivity index (χ1n) is 9.35. The van der Waals surface area contributed by atoms with E-state index in [1.54, 1.807) is 0 Å². The number of rotatable bonds is 3. The van der Waals surface area contributed by atoms with Gasteiger partial charge in [0.25, 0.3) is 0 Å². The highest BCUT2D eigenvalue weighted by Gasteiger charge is 2.43. The molecular weight excluding hydrogens is 412 g/mol. The van der Waals surface area contributed by atoms with Gasteiger partial charge in [0.2, 0.25) is 6.29 Å². The average Bonchev–Trinajstić information content (AvgIpc) is 2.71. The molecule has 3 aromatic rings. The van der Waals surface area contributed by atoms with Crippen molar-refractivity contribution in [2.75, 3.05) is 0 Å².